The molecule has 1 aromatic heterocycles. The largest absolute Gasteiger partial charge is 0.481 e. The average molecular weight is 310 g/mol. The number of hydrogen-bond donors (Lipinski definition) is 1. The Kier molecular flexibility index (Phi) is 4.37. The molecule has 5 heteroatoms. The summed E-state index contributed by atoms with van der Waals surface area (Å²) in [5.41, 5.74) is 1.76. The Morgan fingerprint density at radius 2 is 1.91 bits per heavy atom. The zero-order valence-electron chi connectivity index (χ0n) is 12.7. The van der Waals surface area contributed by atoms with Crippen LogP contribution < -0.4 is 0 Å². The molecule has 1 amide bonds. The van der Waals surface area contributed by atoms with Crippen molar-refractivity contribution >= 4 is 28.9 Å². The van der Waals surface area contributed by atoms with E-state index in [2.05, 4.69) is 4.98 Å². The third-order valence-electron chi connectivity index (χ3n) is 4.23. The van der Waals surface area contributed by atoms with Crippen molar-refractivity contribution in [3.63, 3.8) is 0 Å². The van der Waals surface area contributed by atoms with E-state index in [1.54, 1.807) is 23.2 Å². The van der Waals surface area contributed by atoms with Gasteiger partial charge in [0, 0.05) is 36.3 Å². The molecule has 0 bridgehead atoms. The van der Waals surface area contributed by atoms with Gasteiger partial charge >= 0.3 is 5.97 Å². The highest BCUT2D eigenvalue weighted by Gasteiger charge is 2.25. The predicted molar refractivity (Wildman–Crippen MR) is 87.7 cm³/mol. The first-order chi connectivity index (χ1) is 11.1. The molecule has 1 aromatic carbocycles. The summed E-state index contributed by atoms with van der Waals surface area (Å²) in [4.78, 5) is 29.3. The Bertz CT molecular complexity index is 756. The number of carboxylic acid groups (broad SMARTS) is 1. The van der Waals surface area contributed by atoms with Gasteiger partial charge in [0.25, 0.3) is 0 Å². The Hall–Kier alpha value is -2.69. The van der Waals surface area contributed by atoms with Crippen molar-refractivity contribution in [2.75, 3.05) is 13.1 Å². The Morgan fingerprint density at radius 1 is 1.17 bits per heavy atom. The van der Waals surface area contributed by atoms with Crippen LogP contribution in [0.2, 0.25) is 0 Å². The van der Waals surface area contributed by atoms with Crippen molar-refractivity contribution in [1.82, 2.24) is 9.88 Å². The molecule has 1 aliphatic rings. The van der Waals surface area contributed by atoms with E-state index >= 15 is 0 Å². The minimum Gasteiger partial charge on any atom is -0.481 e. The smallest absolute Gasteiger partial charge is 0.306 e. The van der Waals surface area contributed by atoms with Gasteiger partial charge in [0.05, 0.1) is 11.4 Å². The maximum absolute atomic E-state index is 12.3. The second kappa shape index (κ2) is 6.60. The topological polar surface area (TPSA) is 70.5 Å². The fourth-order valence-corrected chi connectivity index (χ4v) is 2.88. The molecular formula is C18H18N2O3. The molecule has 118 valence electrons. The van der Waals surface area contributed by atoms with Crippen molar-refractivity contribution in [2.24, 2.45) is 5.92 Å². The number of rotatable bonds is 3. The molecule has 1 saturated heterocycles. The van der Waals surface area contributed by atoms with E-state index in [-0.39, 0.29) is 11.8 Å². The van der Waals surface area contributed by atoms with Gasteiger partial charge in [-0.15, -0.1) is 0 Å². The predicted octanol–water partition coefficient (Wildman–Crippen LogP) is 2.57. The number of hydrogen-bond acceptors (Lipinski definition) is 3. The number of para-hydroxylation sites is 1. The number of pyridine rings is 1. The van der Waals surface area contributed by atoms with E-state index in [1.807, 2.05) is 30.3 Å². The van der Waals surface area contributed by atoms with Gasteiger partial charge in [0.1, 0.15) is 0 Å². The number of nitrogens with zero attached hydrogens (tertiary/aromatic N) is 2. The number of carbonyl (C=O) groups is 2. The van der Waals surface area contributed by atoms with E-state index < -0.39 is 5.97 Å². The second-order valence-corrected chi connectivity index (χ2v) is 5.69. The number of fused-ring (bicyclic) bond motifs is 1. The third kappa shape index (κ3) is 3.39. The quantitative estimate of drug-likeness (QED) is 0.885. The van der Waals surface area contributed by atoms with Crippen LogP contribution in [-0.2, 0) is 9.59 Å². The first-order valence-electron chi connectivity index (χ1n) is 7.68. The van der Waals surface area contributed by atoms with Gasteiger partial charge in [-0.1, -0.05) is 24.3 Å². The number of likely N-dealkylation sites (tertiary alicyclic amines) is 1. The molecule has 2 heterocycles. The Morgan fingerprint density at radius 3 is 2.65 bits per heavy atom. The van der Waals surface area contributed by atoms with E-state index in [9.17, 15) is 9.59 Å². The fraction of sp³-hybridized carbons (Fsp3) is 0.278. The molecule has 3 rings (SSSR count). The molecule has 0 unspecified atom stereocenters. The van der Waals surface area contributed by atoms with Crippen LogP contribution >= 0.6 is 0 Å². The van der Waals surface area contributed by atoms with E-state index in [0.717, 1.165) is 16.5 Å². The summed E-state index contributed by atoms with van der Waals surface area (Å²) in [5.74, 6) is -1.18. The van der Waals surface area contributed by atoms with Crippen LogP contribution in [0.4, 0.5) is 0 Å². The fourth-order valence-electron chi connectivity index (χ4n) is 2.88. The van der Waals surface area contributed by atoms with Crippen LogP contribution in [0.5, 0.6) is 0 Å². The van der Waals surface area contributed by atoms with Crippen LogP contribution in [0.25, 0.3) is 17.0 Å². The second-order valence-electron chi connectivity index (χ2n) is 5.69. The molecule has 0 aliphatic carbocycles. The summed E-state index contributed by atoms with van der Waals surface area (Å²) in [5, 5.41) is 10.0. The summed E-state index contributed by atoms with van der Waals surface area (Å²) in [6.45, 7) is 0.988. The maximum Gasteiger partial charge on any atom is 0.306 e. The molecular weight excluding hydrogens is 292 g/mol. The van der Waals surface area contributed by atoms with Crippen LogP contribution in [0.1, 0.15) is 18.4 Å². The molecule has 2 aromatic rings. The molecule has 1 fully saturated rings. The van der Waals surface area contributed by atoms with Gasteiger partial charge in [-0.3, -0.25) is 14.6 Å². The van der Waals surface area contributed by atoms with Crippen molar-refractivity contribution < 1.29 is 14.7 Å². The van der Waals surface area contributed by atoms with Crippen LogP contribution in [0.15, 0.2) is 42.6 Å². The van der Waals surface area contributed by atoms with Gasteiger partial charge in [-0.25, -0.2) is 0 Å². The Labute approximate surface area is 134 Å². The highest BCUT2D eigenvalue weighted by atomic mass is 16.4. The van der Waals surface area contributed by atoms with Crippen molar-refractivity contribution in [1.29, 1.82) is 0 Å². The van der Waals surface area contributed by atoms with Crippen LogP contribution in [0, 0.1) is 5.92 Å². The molecule has 23 heavy (non-hydrogen) atoms. The molecule has 1 N–H and O–H groups in total. The SMILES string of the molecule is O=C(O)C1CCN(C(=O)/C=C/c2cccc3cccnc23)CC1. The molecule has 0 saturated carbocycles. The standard InChI is InChI=1S/C18H18N2O3/c21-16(20-11-8-15(9-12-20)18(22)23)7-6-14-4-1-3-13-5-2-10-19-17(13)14/h1-7,10,15H,8-9,11-12H2,(H,22,23)/b7-6+. The van der Waals surface area contributed by atoms with Gasteiger partial charge in [0.2, 0.25) is 5.91 Å². The van der Waals surface area contributed by atoms with Crippen molar-refractivity contribution in [3.8, 4) is 0 Å². The number of amides is 1. The van der Waals surface area contributed by atoms with Crippen molar-refractivity contribution in [2.45, 2.75) is 12.8 Å². The lowest BCUT2D eigenvalue weighted by Crippen LogP contribution is -2.39. The van der Waals surface area contributed by atoms with Gasteiger partial charge < -0.3 is 10.0 Å². The minimum atomic E-state index is -0.769. The molecule has 5 nitrogen and oxygen atoms in total. The first kappa shape index (κ1) is 15.2. The minimum absolute atomic E-state index is 0.0817. The zero-order valence-corrected chi connectivity index (χ0v) is 12.7. The molecule has 0 atom stereocenters. The number of benzene rings is 1. The number of piperidine rings is 1. The lowest BCUT2D eigenvalue weighted by atomic mass is 9.97. The highest BCUT2D eigenvalue weighted by Crippen LogP contribution is 2.19. The number of aliphatic carboxylic acids is 1. The van der Waals surface area contributed by atoms with Gasteiger partial charge in [-0.05, 0) is 25.0 Å². The number of carboxylic acids is 1. The number of aromatic nitrogens is 1. The van der Waals surface area contributed by atoms with E-state index in [4.69, 9.17) is 5.11 Å². The average Bonchev–Trinajstić information content (AvgIpc) is 2.59. The van der Waals surface area contributed by atoms with E-state index in [1.165, 1.54) is 0 Å². The third-order valence-corrected chi connectivity index (χ3v) is 4.23. The molecule has 0 radical (unpaired) electrons. The summed E-state index contributed by atoms with van der Waals surface area (Å²) in [6.07, 6.45) is 6.10. The summed E-state index contributed by atoms with van der Waals surface area (Å²) < 4.78 is 0. The highest BCUT2D eigenvalue weighted by molar-refractivity contribution is 5.95. The normalized spacial score (nSPS) is 16.1. The molecule has 0 spiro atoms. The van der Waals surface area contributed by atoms with Crippen LogP contribution in [-0.4, -0.2) is 40.0 Å². The maximum atomic E-state index is 12.3. The van der Waals surface area contributed by atoms with Gasteiger partial charge in [-0.2, -0.15) is 0 Å². The first-order valence-corrected chi connectivity index (χ1v) is 7.68. The van der Waals surface area contributed by atoms with Crippen molar-refractivity contribution in [3.05, 3.63) is 48.2 Å². The van der Waals surface area contributed by atoms with Crippen LogP contribution in [0.3, 0.4) is 0 Å². The number of carbonyl (C=O) groups excluding carboxylic acids is 1. The zero-order chi connectivity index (χ0) is 16.2. The molecule has 1 aliphatic heterocycles. The lowest BCUT2D eigenvalue weighted by molar-refractivity contribution is -0.144. The van der Waals surface area contributed by atoms with Gasteiger partial charge in [0.15, 0.2) is 0 Å². The van der Waals surface area contributed by atoms with E-state index in [0.29, 0.717) is 25.9 Å². The summed E-state index contributed by atoms with van der Waals surface area (Å²) in [6, 6.07) is 9.71. The summed E-state index contributed by atoms with van der Waals surface area (Å²) in [7, 11) is 0. The summed E-state index contributed by atoms with van der Waals surface area (Å²) >= 11 is 0. The Balaban J connectivity index is 1.70. The lowest BCUT2D eigenvalue weighted by Gasteiger charge is -2.29. The monoisotopic (exact) mass is 310 g/mol.